The molecule has 0 radical (unpaired) electrons. The second kappa shape index (κ2) is 3.51. The minimum Gasteiger partial charge on any atom is -0.274 e. The van der Waals surface area contributed by atoms with Gasteiger partial charge in [-0.2, -0.15) is 5.10 Å². The van der Waals surface area contributed by atoms with Crippen molar-refractivity contribution in [2.24, 2.45) is 10.5 Å². The first-order valence-corrected chi connectivity index (χ1v) is 3.65. The number of amides is 1. The third-order valence-corrected chi connectivity index (χ3v) is 1.47. The number of carbonyl (C=O) groups excluding carboxylic acids is 1. The molecule has 0 aliphatic carbocycles. The molecule has 0 aliphatic heterocycles. The summed E-state index contributed by atoms with van der Waals surface area (Å²) < 4.78 is 0. The predicted molar refractivity (Wildman–Crippen MR) is 46.4 cm³/mol. The van der Waals surface area contributed by atoms with E-state index < -0.39 is 0 Å². The summed E-state index contributed by atoms with van der Waals surface area (Å²) in [5.74, 6) is -0.131. The quantitative estimate of drug-likeness (QED) is 0.454. The van der Waals surface area contributed by atoms with E-state index in [9.17, 15) is 4.79 Å². The van der Waals surface area contributed by atoms with E-state index in [1.807, 2.05) is 27.7 Å². The molecule has 0 aromatic rings. The summed E-state index contributed by atoms with van der Waals surface area (Å²) in [7, 11) is 0. The number of hydrogen-bond acceptors (Lipinski definition) is 2. The first-order valence-electron chi connectivity index (χ1n) is 3.65. The van der Waals surface area contributed by atoms with E-state index in [0.717, 1.165) is 5.71 Å². The maximum atomic E-state index is 10.5. The second-order valence-corrected chi connectivity index (χ2v) is 3.62. The molecular weight excluding hydrogens is 140 g/mol. The molecule has 0 saturated heterocycles. The van der Waals surface area contributed by atoms with Crippen molar-refractivity contribution >= 4 is 11.6 Å². The molecule has 0 fully saturated rings. The van der Waals surface area contributed by atoms with Gasteiger partial charge < -0.3 is 0 Å². The molecule has 1 N–H and O–H groups in total. The number of nitrogens with zero attached hydrogens (tertiary/aromatic N) is 1. The van der Waals surface area contributed by atoms with Gasteiger partial charge in [-0.05, 0) is 6.92 Å². The van der Waals surface area contributed by atoms with Gasteiger partial charge in [0, 0.05) is 18.1 Å². The normalized spacial score (nSPS) is 13.0. The monoisotopic (exact) mass is 156 g/mol. The van der Waals surface area contributed by atoms with Crippen LogP contribution in [0.5, 0.6) is 0 Å². The number of hydrogen-bond donors (Lipinski definition) is 1. The highest BCUT2D eigenvalue weighted by atomic mass is 16.2. The summed E-state index contributed by atoms with van der Waals surface area (Å²) in [4.78, 5) is 10.5. The lowest BCUT2D eigenvalue weighted by Crippen LogP contribution is -2.22. The van der Waals surface area contributed by atoms with Crippen LogP contribution in [0, 0.1) is 5.41 Å². The van der Waals surface area contributed by atoms with Crippen molar-refractivity contribution in [2.75, 3.05) is 0 Å². The molecule has 1 amide bonds. The van der Waals surface area contributed by atoms with Gasteiger partial charge in [0.25, 0.3) is 0 Å². The van der Waals surface area contributed by atoms with E-state index in [0.29, 0.717) is 0 Å². The smallest absolute Gasteiger partial charge is 0.236 e. The lowest BCUT2D eigenvalue weighted by atomic mass is 9.91. The molecule has 0 aliphatic rings. The largest absolute Gasteiger partial charge is 0.274 e. The molecule has 64 valence electrons. The van der Waals surface area contributed by atoms with Crippen molar-refractivity contribution in [3.05, 3.63) is 0 Å². The van der Waals surface area contributed by atoms with Crippen LogP contribution in [0.15, 0.2) is 5.10 Å². The summed E-state index contributed by atoms with van der Waals surface area (Å²) in [6, 6.07) is 0. The zero-order valence-corrected chi connectivity index (χ0v) is 7.86. The topological polar surface area (TPSA) is 41.5 Å². The van der Waals surface area contributed by atoms with E-state index >= 15 is 0 Å². The fraction of sp³-hybridized carbons (Fsp3) is 0.750. The van der Waals surface area contributed by atoms with Crippen molar-refractivity contribution in [2.45, 2.75) is 34.6 Å². The number of carbonyl (C=O) groups is 1. The van der Waals surface area contributed by atoms with Crippen LogP contribution in [0.2, 0.25) is 0 Å². The number of rotatable bonds is 1. The van der Waals surface area contributed by atoms with Crippen LogP contribution in [0.4, 0.5) is 0 Å². The van der Waals surface area contributed by atoms with Crippen molar-refractivity contribution in [1.82, 2.24) is 5.43 Å². The van der Waals surface area contributed by atoms with Crippen molar-refractivity contribution in [1.29, 1.82) is 0 Å². The van der Waals surface area contributed by atoms with Gasteiger partial charge in [0.1, 0.15) is 0 Å². The molecule has 0 saturated carbocycles. The van der Waals surface area contributed by atoms with Gasteiger partial charge >= 0.3 is 0 Å². The Morgan fingerprint density at radius 2 is 1.73 bits per heavy atom. The minimum atomic E-state index is -0.131. The van der Waals surface area contributed by atoms with Gasteiger partial charge in [0.2, 0.25) is 5.91 Å². The fourth-order valence-corrected chi connectivity index (χ4v) is 0.330. The zero-order chi connectivity index (χ0) is 9.07. The highest BCUT2D eigenvalue weighted by Crippen LogP contribution is 2.14. The van der Waals surface area contributed by atoms with E-state index in [4.69, 9.17) is 0 Å². The summed E-state index contributed by atoms with van der Waals surface area (Å²) in [5, 5.41) is 3.91. The van der Waals surface area contributed by atoms with Crippen molar-refractivity contribution in [3.8, 4) is 0 Å². The Morgan fingerprint density at radius 1 is 1.27 bits per heavy atom. The number of hydrazone groups is 1. The Kier molecular flexibility index (Phi) is 3.23. The van der Waals surface area contributed by atoms with E-state index in [-0.39, 0.29) is 11.3 Å². The average Bonchev–Trinajstić information content (AvgIpc) is 1.80. The molecule has 3 nitrogen and oxygen atoms in total. The molecule has 0 atom stereocenters. The molecule has 0 spiro atoms. The molecule has 11 heavy (non-hydrogen) atoms. The van der Waals surface area contributed by atoms with Crippen molar-refractivity contribution in [3.63, 3.8) is 0 Å². The fourth-order valence-electron chi connectivity index (χ4n) is 0.330. The molecular formula is C8H16N2O. The molecule has 0 bridgehead atoms. The van der Waals surface area contributed by atoms with Gasteiger partial charge in [-0.3, -0.25) is 4.79 Å². The molecule has 0 unspecified atom stereocenters. The Balaban J connectivity index is 4.12. The van der Waals surface area contributed by atoms with Gasteiger partial charge in [-0.15, -0.1) is 0 Å². The summed E-state index contributed by atoms with van der Waals surface area (Å²) in [5.41, 5.74) is 3.35. The van der Waals surface area contributed by atoms with E-state index in [1.165, 1.54) is 6.92 Å². The average molecular weight is 156 g/mol. The summed E-state index contributed by atoms with van der Waals surface area (Å²) >= 11 is 0. The van der Waals surface area contributed by atoms with Gasteiger partial charge in [-0.25, -0.2) is 5.43 Å². The van der Waals surface area contributed by atoms with Crippen molar-refractivity contribution < 1.29 is 4.79 Å². The standard InChI is InChI=1S/C8H16N2O/c1-6(8(3,4)5)9-10-7(2)11/h1-5H3,(H,10,11)/b9-6-. The lowest BCUT2D eigenvalue weighted by molar-refractivity contribution is -0.118. The third-order valence-electron chi connectivity index (χ3n) is 1.47. The molecule has 0 heterocycles. The second-order valence-electron chi connectivity index (χ2n) is 3.62. The minimum absolute atomic E-state index is 0.0302. The first kappa shape index (κ1) is 10.1. The molecule has 0 rings (SSSR count). The Morgan fingerprint density at radius 3 is 2.00 bits per heavy atom. The van der Waals surface area contributed by atoms with Crippen LogP contribution in [-0.2, 0) is 4.79 Å². The lowest BCUT2D eigenvalue weighted by Gasteiger charge is -2.17. The van der Waals surface area contributed by atoms with Crippen LogP contribution in [0.3, 0.4) is 0 Å². The Hall–Kier alpha value is -0.860. The maximum Gasteiger partial charge on any atom is 0.236 e. The van der Waals surface area contributed by atoms with E-state index in [1.54, 1.807) is 0 Å². The third kappa shape index (κ3) is 4.53. The summed E-state index contributed by atoms with van der Waals surface area (Å²) in [6.07, 6.45) is 0. The molecule has 3 heteroatoms. The highest BCUT2D eigenvalue weighted by Gasteiger charge is 2.13. The van der Waals surface area contributed by atoms with Gasteiger partial charge in [-0.1, -0.05) is 20.8 Å². The van der Waals surface area contributed by atoms with Crippen LogP contribution < -0.4 is 5.43 Å². The SMILES string of the molecule is CC(=O)N/N=C(/C)C(C)(C)C. The van der Waals surface area contributed by atoms with E-state index in [2.05, 4.69) is 10.5 Å². The van der Waals surface area contributed by atoms with Crippen LogP contribution in [-0.4, -0.2) is 11.6 Å². The highest BCUT2D eigenvalue weighted by molar-refractivity contribution is 5.88. The number of nitrogens with one attached hydrogen (secondary N) is 1. The predicted octanol–water partition coefficient (Wildman–Crippen LogP) is 1.54. The van der Waals surface area contributed by atoms with Gasteiger partial charge in [0.05, 0.1) is 0 Å². The van der Waals surface area contributed by atoms with Crippen LogP contribution in [0.1, 0.15) is 34.6 Å². The maximum absolute atomic E-state index is 10.5. The van der Waals surface area contributed by atoms with Crippen LogP contribution >= 0.6 is 0 Å². The Labute approximate surface area is 67.9 Å². The first-order chi connectivity index (χ1) is 4.84. The molecule has 0 aromatic carbocycles. The summed E-state index contributed by atoms with van der Waals surface area (Å²) in [6.45, 7) is 9.49. The Bertz CT molecular complexity index is 177. The van der Waals surface area contributed by atoms with Crippen LogP contribution in [0.25, 0.3) is 0 Å². The van der Waals surface area contributed by atoms with Gasteiger partial charge in [0.15, 0.2) is 0 Å². The zero-order valence-electron chi connectivity index (χ0n) is 7.86. The molecule has 0 aromatic heterocycles.